The van der Waals surface area contributed by atoms with Crippen LogP contribution in [-0.4, -0.2) is 17.9 Å². The van der Waals surface area contributed by atoms with Crippen LogP contribution in [0.5, 0.6) is 0 Å². The largest absolute Gasteiger partial charge is 3.00 e. The number of benzene rings is 5. The average molecular weight is 670 g/mol. The number of hydrogen-bond acceptors (Lipinski definition) is 2. The standard InChI is InChI=1S/C29H31N2O2.2C7H7.Ti/c1-29(2)19-25(30-27(32)22-14-8-4-9-15-22)24(18-21-12-6-3-7-13-21)26(20-29)31-28(33)23-16-10-5-11-17-23;2*1-7-5-3-2-4-6-7;/h3-17,24-25H,18-20H2,1-2H3,(H,30,32)(H,31,33);2*2-6H,1H2;/q3*-1;+3. The summed E-state index contributed by atoms with van der Waals surface area (Å²) in [4.78, 5) is 26.1. The second-order valence-corrected chi connectivity index (χ2v) is 12.6. The quantitative estimate of drug-likeness (QED) is 0.140. The molecule has 0 bridgehead atoms. The SMILES string of the molecule is CC1(C)C[C-](NC(=O)c2ccccc2)C(Cc2ccccc2)C(NC(=O)c2ccccc2)C1.[CH2-]c1ccccc1.[CH2-]c1ccccc1.[Ti+3]. The van der Waals surface area contributed by atoms with Gasteiger partial charge in [0.25, 0.3) is 5.91 Å². The van der Waals surface area contributed by atoms with Gasteiger partial charge in [0.1, 0.15) is 0 Å². The first-order chi connectivity index (χ1) is 22.7. The van der Waals surface area contributed by atoms with Crippen molar-refractivity contribution in [3.05, 3.63) is 199 Å². The summed E-state index contributed by atoms with van der Waals surface area (Å²) in [5, 5.41) is 6.52. The van der Waals surface area contributed by atoms with Gasteiger partial charge in [-0.3, -0.25) is 9.59 Å². The zero-order valence-corrected chi connectivity index (χ0v) is 29.5. The van der Waals surface area contributed by atoms with Gasteiger partial charge < -0.3 is 10.6 Å². The van der Waals surface area contributed by atoms with Gasteiger partial charge in [-0.15, -0.1) is 30.2 Å². The van der Waals surface area contributed by atoms with Crippen LogP contribution >= 0.6 is 0 Å². The van der Waals surface area contributed by atoms with Crippen molar-refractivity contribution in [1.82, 2.24) is 10.6 Å². The van der Waals surface area contributed by atoms with Crippen LogP contribution in [0.3, 0.4) is 0 Å². The van der Waals surface area contributed by atoms with Gasteiger partial charge in [0.15, 0.2) is 0 Å². The van der Waals surface area contributed by atoms with Gasteiger partial charge in [0.05, 0.1) is 0 Å². The Hall–Kier alpha value is -4.51. The van der Waals surface area contributed by atoms with Crippen LogP contribution in [0.15, 0.2) is 152 Å². The van der Waals surface area contributed by atoms with Crippen molar-refractivity contribution in [2.75, 3.05) is 0 Å². The van der Waals surface area contributed by atoms with Gasteiger partial charge in [-0.05, 0) is 37.1 Å². The molecule has 0 aliphatic heterocycles. The molecule has 243 valence electrons. The Labute approximate surface area is 302 Å². The smallest absolute Gasteiger partial charge is 0.498 e. The minimum atomic E-state index is -0.102. The Morgan fingerprint density at radius 2 is 1.04 bits per heavy atom. The van der Waals surface area contributed by atoms with Gasteiger partial charge in [-0.2, -0.15) is 55.7 Å². The van der Waals surface area contributed by atoms with Crippen LogP contribution in [0, 0.1) is 31.2 Å². The molecular weight excluding hydrogens is 624 g/mol. The second kappa shape index (κ2) is 19.3. The second-order valence-electron chi connectivity index (χ2n) is 12.6. The molecule has 2 atom stereocenters. The summed E-state index contributed by atoms with van der Waals surface area (Å²) >= 11 is 0. The van der Waals surface area contributed by atoms with E-state index in [-0.39, 0.29) is 50.9 Å². The third-order valence-electron chi connectivity index (χ3n) is 8.02. The predicted molar refractivity (Wildman–Crippen MR) is 193 cm³/mol. The number of nitrogens with one attached hydrogen (secondary N) is 2. The van der Waals surface area contributed by atoms with Crippen LogP contribution in [0.4, 0.5) is 0 Å². The molecule has 2 N–H and O–H groups in total. The fraction of sp³-hybridized carbons (Fsp3) is 0.186. The predicted octanol–water partition coefficient (Wildman–Crippen LogP) is 9.16. The molecule has 1 saturated carbocycles. The number of amides is 2. The summed E-state index contributed by atoms with van der Waals surface area (Å²) in [5.74, 6) is -0.180. The van der Waals surface area contributed by atoms with Gasteiger partial charge in [0.2, 0.25) is 5.91 Å². The van der Waals surface area contributed by atoms with E-state index < -0.39 is 0 Å². The van der Waals surface area contributed by atoms with Crippen molar-refractivity contribution < 1.29 is 31.3 Å². The van der Waals surface area contributed by atoms with Crippen molar-refractivity contribution in [2.45, 2.75) is 39.2 Å². The Bertz CT molecular complexity index is 1530. The molecule has 1 radical (unpaired) electrons. The van der Waals surface area contributed by atoms with Crippen LogP contribution in [-0.2, 0) is 28.1 Å². The molecule has 0 spiro atoms. The van der Waals surface area contributed by atoms with E-state index in [0.29, 0.717) is 11.1 Å². The zero-order valence-electron chi connectivity index (χ0n) is 27.9. The average Bonchev–Trinajstić information content (AvgIpc) is 3.08. The fourth-order valence-electron chi connectivity index (χ4n) is 5.73. The Morgan fingerprint density at radius 3 is 1.46 bits per heavy atom. The van der Waals surface area contributed by atoms with Crippen molar-refractivity contribution in [3.8, 4) is 0 Å². The van der Waals surface area contributed by atoms with Crippen LogP contribution in [0.25, 0.3) is 0 Å². The van der Waals surface area contributed by atoms with E-state index in [0.717, 1.165) is 36.4 Å². The van der Waals surface area contributed by atoms with E-state index in [4.69, 9.17) is 0 Å². The van der Waals surface area contributed by atoms with E-state index in [1.165, 1.54) is 5.56 Å². The molecule has 1 aliphatic rings. The zero-order chi connectivity index (χ0) is 33.5. The number of carbonyl (C=O) groups is 2. The van der Waals surface area contributed by atoms with E-state index in [2.05, 4.69) is 50.5 Å². The fourth-order valence-corrected chi connectivity index (χ4v) is 5.73. The first kappa shape index (κ1) is 37.9. The number of carbonyl (C=O) groups excluding carboxylic acids is 2. The molecule has 48 heavy (non-hydrogen) atoms. The Kier molecular flexibility index (Phi) is 15.3. The van der Waals surface area contributed by atoms with E-state index in [1.54, 1.807) is 0 Å². The Balaban J connectivity index is 0.000000343. The number of rotatable bonds is 6. The van der Waals surface area contributed by atoms with E-state index in [9.17, 15) is 9.59 Å². The summed E-state index contributed by atoms with van der Waals surface area (Å²) in [6.07, 6.45) is 2.37. The molecule has 6 rings (SSSR count). The normalized spacial score (nSPS) is 16.3. The molecule has 1 fully saturated rings. The molecule has 5 aromatic rings. The third kappa shape index (κ3) is 12.6. The molecular formula is C43H45N2O2Ti. The summed E-state index contributed by atoms with van der Waals surface area (Å²) in [5.41, 5.74) is 4.56. The maximum atomic E-state index is 13.1. The minimum absolute atomic E-state index is 0. The summed E-state index contributed by atoms with van der Waals surface area (Å²) in [7, 11) is 0. The molecule has 2 unspecified atom stereocenters. The Morgan fingerprint density at radius 1 is 0.646 bits per heavy atom. The summed E-state index contributed by atoms with van der Waals surface area (Å²) < 4.78 is 0. The van der Waals surface area contributed by atoms with E-state index >= 15 is 0 Å². The van der Waals surface area contributed by atoms with Gasteiger partial charge in [-0.25, -0.2) is 6.04 Å². The molecule has 1 aliphatic carbocycles. The monoisotopic (exact) mass is 669 g/mol. The third-order valence-corrected chi connectivity index (χ3v) is 8.02. The first-order valence-electron chi connectivity index (χ1n) is 16.1. The summed E-state index contributed by atoms with van der Waals surface area (Å²) in [6, 6.07) is 49.5. The molecule has 0 heterocycles. The molecule has 4 nitrogen and oxygen atoms in total. The van der Waals surface area contributed by atoms with Crippen molar-refractivity contribution >= 4 is 11.8 Å². The number of hydrogen-bond donors (Lipinski definition) is 2. The van der Waals surface area contributed by atoms with Gasteiger partial charge in [0, 0.05) is 17.2 Å². The minimum Gasteiger partial charge on any atom is -0.498 e. The summed E-state index contributed by atoms with van der Waals surface area (Å²) in [6.45, 7) is 11.8. The van der Waals surface area contributed by atoms with Crippen molar-refractivity contribution in [3.63, 3.8) is 0 Å². The maximum absolute atomic E-state index is 13.1. The molecule has 0 saturated heterocycles. The van der Waals surface area contributed by atoms with Crippen LogP contribution in [0.1, 0.15) is 64.1 Å². The first-order valence-corrected chi connectivity index (χ1v) is 16.1. The molecule has 0 aromatic heterocycles. The van der Waals surface area contributed by atoms with E-state index in [1.807, 2.05) is 140 Å². The van der Waals surface area contributed by atoms with Gasteiger partial charge >= 0.3 is 21.7 Å². The maximum Gasteiger partial charge on any atom is 3.00 e. The molecule has 5 aromatic carbocycles. The van der Waals surface area contributed by atoms with Crippen LogP contribution in [0.2, 0.25) is 0 Å². The topological polar surface area (TPSA) is 58.2 Å². The van der Waals surface area contributed by atoms with Crippen LogP contribution < -0.4 is 10.6 Å². The van der Waals surface area contributed by atoms with Gasteiger partial charge in [-0.1, -0.05) is 104 Å². The van der Waals surface area contributed by atoms with Crippen molar-refractivity contribution in [1.29, 1.82) is 0 Å². The molecule has 2 amide bonds. The van der Waals surface area contributed by atoms with Crippen molar-refractivity contribution in [2.24, 2.45) is 11.3 Å². The molecule has 5 heteroatoms.